The molecule has 0 rings (SSSR count). The van der Waals surface area contributed by atoms with Crippen LogP contribution in [0.2, 0.25) is 0 Å². The Morgan fingerprint density at radius 2 is 1.89 bits per heavy atom. The van der Waals surface area contributed by atoms with Gasteiger partial charge in [-0.25, -0.2) is 0 Å². The van der Waals surface area contributed by atoms with E-state index in [2.05, 4.69) is 19.6 Å². The summed E-state index contributed by atoms with van der Waals surface area (Å²) in [7, 11) is 8.68. The van der Waals surface area contributed by atoms with Crippen molar-refractivity contribution in [3.05, 3.63) is 0 Å². The summed E-state index contributed by atoms with van der Waals surface area (Å²) < 4.78 is 0. The standard InChI is InChI=1S/C3H7NO2.Mo.2S/c1-2(4)3(5)6;;;/h2H,4H2,1H3,(H,5,6);;;. The Labute approximate surface area is 69.0 Å². The summed E-state index contributed by atoms with van der Waals surface area (Å²) in [5, 5.41) is 7.87. The Hall–Kier alpha value is 0.558. The summed E-state index contributed by atoms with van der Waals surface area (Å²) >= 11 is -0.363. The fraction of sp³-hybridized carbons (Fsp3) is 0.667. The van der Waals surface area contributed by atoms with E-state index in [0.717, 1.165) is 0 Å². The van der Waals surface area contributed by atoms with Crippen LogP contribution in [0, 0.1) is 0 Å². The van der Waals surface area contributed by atoms with Gasteiger partial charge in [0.2, 0.25) is 0 Å². The van der Waals surface area contributed by atoms with Gasteiger partial charge in [-0.2, -0.15) is 0 Å². The third-order valence-corrected chi connectivity index (χ3v) is 0.390. The molecule has 0 spiro atoms. The van der Waals surface area contributed by atoms with E-state index in [4.69, 9.17) is 10.8 Å². The molecule has 6 heteroatoms. The number of nitrogens with two attached hydrogens (primary N) is 1. The molecule has 0 radical (unpaired) electrons. The third kappa shape index (κ3) is 17.7. The van der Waals surface area contributed by atoms with E-state index in [1.807, 2.05) is 0 Å². The van der Waals surface area contributed by atoms with Gasteiger partial charge in [0.05, 0.1) is 0 Å². The minimum absolute atomic E-state index is 0.363. The SMILES string of the molecule is CC(N)C(=O)O.[S]=[Mo]=[S]. The van der Waals surface area contributed by atoms with Gasteiger partial charge in [0.15, 0.2) is 0 Å². The molecule has 0 aromatic carbocycles. The van der Waals surface area contributed by atoms with E-state index in [-0.39, 0.29) is 14.9 Å². The molecule has 0 saturated carbocycles. The fourth-order valence-corrected chi connectivity index (χ4v) is 0. The molecule has 3 nitrogen and oxygen atoms in total. The molecular weight excluding hydrogens is 242 g/mol. The Morgan fingerprint density at radius 3 is 1.89 bits per heavy atom. The van der Waals surface area contributed by atoms with Gasteiger partial charge in [-0.1, -0.05) is 0 Å². The summed E-state index contributed by atoms with van der Waals surface area (Å²) in [6.07, 6.45) is 0. The normalized spacial score (nSPS) is 10.4. The number of carboxylic acid groups (broad SMARTS) is 1. The van der Waals surface area contributed by atoms with Crippen LogP contribution in [-0.4, -0.2) is 17.1 Å². The van der Waals surface area contributed by atoms with Crippen LogP contribution in [0.25, 0.3) is 0 Å². The maximum atomic E-state index is 9.57. The van der Waals surface area contributed by atoms with E-state index in [9.17, 15) is 4.79 Å². The van der Waals surface area contributed by atoms with Gasteiger partial charge in [0.25, 0.3) is 0 Å². The van der Waals surface area contributed by atoms with Crippen molar-refractivity contribution < 1.29 is 24.8 Å². The van der Waals surface area contributed by atoms with Crippen LogP contribution in [0.1, 0.15) is 6.92 Å². The van der Waals surface area contributed by atoms with Gasteiger partial charge >= 0.3 is 40.5 Å². The molecule has 3 N–H and O–H groups in total. The fourth-order valence-electron chi connectivity index (χ4n) is 0. The summed E-state index contributed by atoms with van der Waals surface area (Å²) in [4.78, 5) is 9.57. The van der Waals surface area contributed by atoms with E-state index in [1.54, 1.807) is 0 Å². The maximum absolute atomic E-state index is 9.57. The van der Waals surface area contributed by atoms with Gasteiger partial charge in [0, 0.05) is 0 Å². The zero-order chi connectivity index (χ0) is 7.86. The molecule has 1 atom stereocenters. The van der Waals surface area contributed by atoms with Crippen molar-refractivity contribution in [1.29, 1.82) is 0 Å². The molecule has 9 heavy (non-hydrogen) atoms. The van der Waals surface area contributed by atoms with Crippen LogP contribution >= 0.6 is 19.6 Å². The van der Waals surface area contributed by atoms with Gasteiger partial charge < -0.3 is 10.8 Å². The molecule has 0 aliphatic heterocycles. The topological polar surface area (TPSA) is 63.3 Å². The first-order valence-electron chi connectivity index (χ1n) is 1.96. The number of hydrogen-bond acceptors (Lipinski definition) is 4. The molecule has 0 aliphatic carbocycles. The number of carbonyl (C=O) groups is 1. The number of aliphatic carboxylic acids is 1. The van der Waals surface area contributed by atoms with E-state index < -0.39 is 12.0 Å². The Morgan fingerprint density at radius 1 is 1.78 bits per heavy atom. The van der Waals surface area contributed by atoms with E-state index in [0.29, 0.717) is 0 Å². The second-order valence-electron chi connectivity index (χ2n) is 1.19. The second-order valence-corrected chi connectivity index (χ2v) is 4.75. The van der Waals surface area contributed by atoms with Crippen molar-refractivity contribution in [3.63, 3.8) is 0 Å². The first-order valence-corrected chi connectivity index (χ1v) is 7.54. The monoisotopic (exact) mass is 251 g/mol. The molecule has 54 valence electrons. The van der Waals surface area contributed by atoms with Crippen molar-refractivity contribution in [2.45, 2.75) is 13.0 Å². The zero-order valence-electron chi connectivity index (χ0n) is 4.73. The van der Waals surface area contributed by atoms with Crippen LogP contribution in [0.3, 0.4) is 0 Å². The van der Waals surface area contributed by atoms with Crippen LogP contribution in [0.15, 0.2) is 0 Å². The summed E-state index contributed by atoms with van der Waals surface area (Å²) in [6, 6.07) is -0.731. The quantitative estimate of drug-likeness (QED) is 0.670. The minimum atomic E-state index is -0.963. The van der Waals surface area contributed by atoms with Gasteiger partial charge in [-0.15, -0.1) is 0 Å². The van der Waals surface area contributed by atoms with Crippen LogP contribution < -0.4 is 5.73 Å². The van der Waals surface area contributed by atoms with Crippen molar-refractivity contribution in [1.82, 2.24) is 0 Å². The van der Waals surface area contributed by atoms with Gasteiger partial charge in [-0.3, -0.25) is 4.79 Å². The number of rotatable bonds is 1. The van der Waals surface area contributed by atoms with Crippen LogP contribution in [-0.2, 0) is 19.7 Å². The van der Waals surface area contributed by atoms with E-state index >= 15 is 0 Å². The predicted octanol–water partition coefficient (Wildman–Crippen LogP) is 0.712. The molecule has 0 aromatic heterocycles. The predicted molar refractivity (Wildman–Crippen MR) is 36.5 cm³/mol. The first kappa shape index (κ1) is 12.3. The average Bonchev–Trinajstić information content (AvgIpc) is 1.68. The van der Waals surface area contributed by atoms with Gasteiger partial charge in [0.1, 0.15) is 6.04 Å². The first-order chi connectivity index (χ1) is 4.06. The molecule has 0 heterocycles. The summed E-state index contributed by atoms with van der Waals surface area (Å²) in [5.74, 6) is -0.963. The Kier molecular flexibility index (Phi) is 11.7. The van der Waals surface area contributed by atoms with Gasteiger partial charge in [-0.05, 0) is 6.92 Å². The van der Waals surface area contributed by atoms with Crippen molar-refractivity contribution in [3.8, 4) is 0 Å². The Bertz CT molecular complexity index is 121. The molecule has 0 amide bonds. The molecule has 1 unspecified atom stereocenters. The molecule has 0 aliphatic rings. The molecule has 0 fully saturated rings. The average molecular weight is 249 g/mol. The van der Waals surface area contributed by atoms with E-state index in [1.165, 1.54) is 6.92 Å². The van der Waals surface area contributed by atoms with Crippen LogP contribution in [0.4, 0.5) is 0 Å². The zero-order valence-corrected chi connectivity index (χ0v) is 8.37. The second kappa shape index (κ2) is 8.56. The van der Waals surface area contributed by atoms with Crippen molar-refractivity contribution in [2.24, 2.45) is 5.73 Å². The number of carboxylic acids is 1. The number of hydrogen-bond donors (Lipinski definition) is 2. The Balaban J connectivity index is 0. The molecular formula is C3H7MoNO2S2. The molecule has 0 saturated heterocycles. The van der Waals surface area contributed by atoms with Crippen LogP contribution in [0.5, 0.6) is 0 Å². The third-order valence-electron chi connectivity index (χ3n) is 0.390. The van der Waals surface area contributed by atoms with Crippen molar-refractivity contribution >= 4 is 25.6 Å². The van der Waals surface area contributed by atoms with Crippen molar-refractivity contribution in [2.75, 3.05) is 0 Å². The summed E-state index contributed by atoms with van der Waals surface area (Å²) in [6.45, 7) is 1.42. The molecule has 0 bridgehead atoms. The molecule has 0 aromatic rings. The summed E-state index contributed by atoms with van der Waals surface area (Å²) in [5.41, 5.74) is 4.84.